The molecule has 2 saturated heterocycles. The molecule has 0 aliphatic carbocycles. The summed E-state index contributed by atoms with van der Waals surface area (Å²) in [7, 11) is 0. The highest BCUT2D eigenvalue weighted by Crippen LogP contribution is 2.39. The van der Waals surface area contributed by atoms with E-state index in [4.69, 9.17) is 5.73 Å². The monoisotopic (exact) mass is 631 g/mol. The Kier molecular flexibility index (Phi) is 9.61. The number of nitrogens with zero attached hydrogens (tertiary/aromatic N) is 6. The number of alkyl halides is 4. The van der Waals surface area contributed by atoms with Gasteiger partial charge in [0.15, 0.2) is 5.67 Å². The Balaban J connectivity index is 1.29. The lowest BCUT2D eigenvalue weighted by Crippen LogP contribution is -2.54. The normalized spacial score (nSPS) is 18.4. The number of aromatic nitrogens is 3. The van der Waals surface area contributed by atoms with Crippen LogP contribution in [0.2, 0.25) is 0 Å². The summed E-state index contributed by atoms with van der Waals surface area (Å²) in [5.41, 5.74) is 5.09. The van der Waals surface area contributed by atoms with Crippen LogP contribution < -0.4 is 5.73 Å². The second kappa shape index (κ2) is 13.4. The zero-order chi connectivity index (χ0) is 32.2. The van der Waals surface area contributed by atoms with E-state index in [1.807, 2.05) is 11.0 Å². The molecule has 2 fully saturated rings. The summed E-state index contributed by atoms with van der Waals surface area (Å²) in [6.45, 7) is 1.05. The number of piperidine rings is 2. The molecule has 2 amide bonds. The third-order valence-corrected chi connectivity index (χ3v) is 8.53. The fourth-order valence-corrected chi connectivity index (χ4v) is 6.20. The number of nitrogen functional groups attached to an aromatic ring is 1. The number of hydrogen-bond donors (Lipinski definition) is 1. The molecule has 2 aliphatic rings. The number of halogens is 5. The van der Waals surface area contributed by atoms with Crippen LogP contribution in [0.3, 0.4) is 0 Å². The quantitative estimate of drug-likeness (QED) is 0.366. The van der Waals surface area contributed by atoms with E-state index >= 15 is 4.39 Å². The smallest absolute Gasteiger partial charge is 0.384 e. The standard InChI is InChI=1S/C31H34F5N7O2/c32-24-3-4-25(40-18-24)27(43(29(45)31(34,35)36)20-22-2-1-10-38-17-22)23-6-12-42(13-7-23)28(44)30(33)8-14-41(15-9-30)19-21-5-11-39-26(37)16-21/h1-5,10-11,16-18,23,27H,6-9,12-15,19-20H2,(H2,37,39). The highest BCUT2D eigenvalue weighted by molar-refractivity contribution is 5.85. The number of rotatable bonds is 8. The minimum absolute atomic E-state index is 0.00737. The Morgan fingerprint density at radius 1 is 1.00 bits per heavy atom. The van der Waals surface area contributed by atoms with Gasteiger partial charge in [-0.1, -0.05) is 6.07 Å². The largest absolute Gasteiger partial charge is 0.471 e. The second-order valence-electron chi connectivity index (χ2n) is 11.6. The third-order valence-electron chi connectivity index (χ3n) is 8.53. The molecular formula is C31H34F5N7O2. The molecule has 0 spiro atoms. The van der Waals surface area contributed by atoms with E-state index in [9.17, 15) is 27.2 Å². The minimum Gasteiger partial charge on any atom is -0.384 e. The number of nitrogens with two attached hydrogens (primary N) is 1. The van der Waals surface area contributed by atoms with Gasteiger partial charge in [0.25, 0.3) is 5.91 Å². The summed E-state index contributed by atoms with van der Waals surface area (Å²) in [5, 5.41) is 0. The van der Waals surface area contributed by atoms with Crippen LogP contribution in [0.25, 0.3) is 0 Å². The topological polar surface area (TPSA) is 109 Å². The van der Waals surface area contributed by atoms with E-state index in [1.165, 1.54) is 23.4 Å². The average Bonchev–Trinajstić information content (AvgIpc) is 3.02. The molecule has 240 valence electrons. The predicted molar refractivity (Wildman–Crippen MR) is 154 cm³/mol. The van der Waals surface area contributed by atoms with Gasteiger partial charge in [-0.15, -0.1) is 0 Å². The maximum atomic E-state index is 16.0. The summed E-state index contributed by atoms with van der Waals surface area (Å²) in [4.78, 5) is 42.4. The van der Waals surface area contributed by atoms with Crippen molar-refractivity contribution in [3.05, 3.63) is 83.8 Å². The molecule has 3 aromatic heterocycles. The fraction of sp³-hybridized carbons (Fsp3) is 0.452. The van der Waals surface area contributed by atoms with E-state index in [-0.39, 0.29) is 44.5 Å². The van der Waals surface area contributed by atoms with Gasteiger partial charge < -0.3 is 15.5 Å². The van der Waals surface area contributed by atoms with Crippen LogP contribution in [0.4, 0.5) is 27.8 Å². The lowest BCUT2D eigenvalue weighted by Gasteiger charge is -2.43. The fourth-order valence-electron chi connectivity index (χ4n) is 6.20. The number of likely N-dealkylation sites (tertiary alicyclic amines) is 2. The lowest BCUT2D eigenvalue weighted by atomic mass is 9.84. The first-order valence-electron chi connectivity index (χ1n) is 14.7. The van der Waals surface area contributed by atoms with Crippen molar-refractivity contribution in [2.75, 3.05) is 31.9 Å². The molecular weight excluding hydrogens is 597 g/mol. The van der Waals surface area contributed by atoms with E-state index in [0.29, 0.717) is 35.9 Å². The summed E-state index contributed by atoms with van der Waals surface area (Å²) < 4.78 is 71.5. The molecule has 1 atom stereocenters. The van der Waals surface area contributed by atoms with Crippen molar-refractivity contribution in [1.29, 1.82) is 0 Å². The van der Waals surface area contributed by atoms with Crippen molar-refractivity contribution in [1.82, 2.24) is 29.7 Å². The van der Waals surface area contributed by atoms with Crippen molar-refractivity contribution in [3.8, 4) is 0 Å². The van der Waals surface area contributed by atoms with Crippen LogP contribution in [-0.2, 0) is 22.7 Å². The van der Waals surface area contributed by atoms with Crippen LogP contribution in [0, 0.1) is 11.7 Å². The Bertz CT molecular complexity index is 1460. The molecule has 45 heavy (non-hydrogen) atoms. The zero-order valence-electron chi connectivity index (χ0n) is 24.5. The summed E-state index contributed by atoms with van der Waals surface area (Å²) in [5.74, 6) is -3.56. The van der Waals surface area contributed by atoms with Gasteiger partial charge in [0.1, 0.15) is 11.6 Å². The molecule has 0 saturated carbocycles. The predicted octanol–water partition coefficient (Wildman–Crippen LogP) is 4.47. The Morgan fingerprint density at radius 3 is 2.33 bits per heavy atom. The molecule has 0 radical (unpaired) electrons. The molecule has 5 rings (SSSR count). The third kappa shape index (κ3) is 7.72. The van der Waals surface area contributed by atoms with E-state index < -0.39 is 48.0 Å². The molecule has 14 heteroatoms. The Morgan fingerprint density at radius 2 is 1.73 bits per heavy atom. The van der Waals surface area contributed by atoms with Gasteiger partial charge in [0.2, 0.25) is 0 Å². The van der Waals surface area contributed by atoms with Gasteiger partial charge in [-0.05, 0) is 60.2 Å². The van der Waals surface area contributed by atoms with Crippen molar-refractivity contribution in [2.45, 2.75) is 56.7 Å². The van der Waals surface area contributed by atoms with E-state index in [1.54, 1.807) is 24.4 Å². The first kappa shape index (κ1) is 32.2. The molecule has 3 aromatic rings. The first-order chi connectivity index (χ1) is 21.4. The molecule has 0 bridgehead atoms. The molecule has 5 heterocycles. The molecule has 0 aromatic carbocycles. The number of hydrogen-bond acceptors (Lipinski definition) is 7. The summed E-state index contributed by atoms with van der Waals surface area (Å²) in [6.07, 6.45) is 0.539. The van der Waals surface area contributed by atoms with Gasteiger partial charge in [-0.25, -0.2) is 13.8 Å². The van der Waals surface area contributed by atoms with Crippen LogP contribution in [0.15, 0.2) is 61.2 Å². The first-order valence-corrected chi connectivity index (χ1v) is 14.7. The summed E-state index contributed by atoms with van der Waals surface area (Å²) >= 11 is 0. The lowest BCUT2D eigenvalue weighted by molar-refractivity contribution is -0.190. The number of pyridine rings is 3. The van der Waals surface area contributed by atoms with Crippen LogP contribution >= 0.6 is 0 Å². The number of amides is 2. The van der Waals surface area contributed by atoms with Crippen LogP contribution in [-0.4, -0.2) is 79.5 Å². The van der Waals surface area contributed by atoms with Gasteiger partial charge in [-0.2, -0.15) is 13.2 Å². The SMILES string of the molecule is Nc1cc(CN2CCC(F)(C(=O)N3CCC(C(c4ccc(F)cn4)N(Cc4cccnc4)C(=O)C(F)(F)F)CC3)CC2)ccn1. The molecule has 1 unspecified atom stereocenters. The maximum absolute atomic E-state index is 16.0. The van der Waals surface area contributed by atoms with Gasteiger partial charge in [0.05, 0.1) is 17.9 Å². The molecule has 2 N–H and O–H groups in total. The van der Waals surface area contributed by atoms with E-state index in [2.05, 4.69) is 15.0 Å². The van der Waals surface area contributed by atoms with Crippen LogP contribution in [0.1, 0.15) is 48.5 Å². The Labute approximate surface area is 257 Å². The van der Waals surface area contributed by atoms with Crippen molar-refractivity contribution in [2.24, 2.45) is 5.92 Å². The van der Waals surface area contributed by atoms with Gasteiger partial charge in [0, 0.05) is 70.7 Å². The second-order valence-corrected chi connectivity index (χ2v) is 11.6. The molecule has 2 aliphatic heterocycles. The number of anilines is 1. The van der Waals surface area contributed by atoms with Gasteiger partial charge >= 0.3 is 12.1 Å². The summed E-state index contributed by atoms with van der Waals surface area (Å²) in [6, 6.07) is 7.85. The minimum atomic E-state index is -5.18. The number of carbonyl (C=O) groups is 2. The zero-order valence-corrected chi connectivity index (χ0v) is 24.5. The van der Waals surface area contributed by atoms with Crippen molar-refractivity contribution in [3.63, 3.8) is 0 Å². The maximum Gasteiger partial charge on any atom is 0.471 e. The van der Waals surface area contributed by atoms with Gasteiger partial charge in [-0.3, -0.25) is 24.5 Å². The van der Waals surface area contributed by atoms with Crippen molar-refractivity contribution < 1.29 is 31.5 Å². The van der Waals surface area contributed by atoms with Crippen molar-refractivity contribution >= 4 is 17.6 Å². The Hall–Kier alpha value is -4.20. The highest BCUT2D eigenvalue weighted by atomic mass is 19.4. The van der Waals surface area contributed by atoms with Crippen LogP contribution in [0.5, 0.6) is 0 Å². The molecule has 9 nitrogen and oxygen atoms in total. The average molecular weight is 632 g/mol. The van der Waals surface area contributed by atoms with E-state index in [0.717, 1.165) is 17.8 Å². The highest BCUT2D eigenvalue weighted by Gasteiger charge is 2.49. The number of carbonyl (C=O) groups excluding carboxylic acids is 2.